The standard InChI is InChI=1S/C7H7BF2/c1-4-6(9)3-2-5(8)7(4)10/h2-3H,8H2,1H3. The molecule has 1 aromatic carbocycles. The summed E-state index contributed by atoms with van der Waals surface area (Å²) in [5.74, 6) is -0.928. The molecule has 0 saturated heterocycles. The molecular weight excluding hydrogens is 133 g/mol. The van der Waals surface area contributed by atoms with E-state index in [0.29, 0.717) is 5.46 Å². The Morgan fingerprint density at radius 2 is 1.90 bits per heavy atom. The fourth-order valence-corrected chi connectivity index (χ4v) is 0.797. The van der Waals surface area contributed by atoms with Crippen LogP contribution in [0.25, 0.3) is 0 Å². The van der Waals surface area contributed by atoms with Crippen LogP contribution in [0, 0.1) is 18.6 Å². The van der Waals surface area contributed by atoms with Gasteiger partial charge in [-0.25, -0.2) is 8.78 Å². The van der Waals surface area contributed by atoms with Gasteiger partial charge in [-0.2, -0.15) is 0 Å². The van der Waals surface area contributed by atoms with Crippen LogP contribution in [-0.4, -0.2) is 7.85 Å². The van der Waals surface area contributed by atoms with Crippen LogP contribution in [0.15, 0.2) is 12.1 Å². The van der Waals surface area contributed by atoms with E-state index in [4.69, 9.17) is 0 Å². The number of hydrogen-bond acceptors (Lipinski definition) is 0. The Labute approximate surface area is 59.3 Å². The first-order valence-electron chi connectivity index (χ1n) is 3.04. The van der Waals surface area contributed by atoms with Gasteiger partial charge in [-0.1, -0.05) is 11.5 Å². The third kappa shape index (κ3) is 1.04. The SMILES string of the molecule is Bc1ccc(F)c(C)c1F. The van der Waals surface area contributed by atoms with Gasteiger partial charge in [-0.05, 0) is 13.0 Å². The number of rotatable bonds is 0. The lowest BCUT2D eigenvalue weighted by atomic mass is 9.93. The fraction of sp³-hybridized carbons (Fsp3) is 0.143. The van der Waals surface area contributed by atoms with Crippen LogP contribution in [0.4, 0.5) is 8.78 Å². The summed E-state index contributed by atoms with van der Waals surface area (Å²) >= 11 is 0. The maximum atomic E-state index is 12.8. The monoisotopic (exact) mass is 140 g/mol. The molecule has 1 rings (SSSR count). The summed E-state index contributed by atoms with van der Waals surface area (Å²) in [5.41, 5.74) is 0.582. The van der Waals surface area contributed by atoms with Crippen LogP contribution in [-0.2, 0) is 0 Å². The van der Waals surface area contributed by atoms with Crippen LogP contribution >= 0.6 is 0 Å². The molecule has 0 N–H and O–H groups in total. The predicted molar refractivity (Wildman–Crippen MR) is 39.3 cm³/mol. The summed E-state index contributed by atoms with van der Waals surface area (Å²) in [6.45, 7) is 1.43. The van der Waals surface area contributed by atoms with Gasteiger partial charge in [-0.3, -0.25) is 0 Å². The third-order valence-electron chi connectivity index (χ3n) is 1.51. The maximum absolute atomic E-state index is 12.8. The van der Waals surface area contributed by atoms with Crippen molar-refractivity contribution >= 4 is 13.3 Å². The molecule has 0 amide bonds. The summed E-state index contributed by atoms with van der Waals surface area (Å²) in [6.07, 6.45) is 0. The van der Waals surface area contributed by atoms with E-state index in [2.05, 4.69) is 0 Å². The Bertz CT molecular complexity index is 231. The molecule has 0 unspecified atom stereocenters. The van der Waals surface area contributed by atoms with Crippen molar-refractivity contribution in [1.29, 1.82) is 0 Å². The highest BCUT2D eigenvalue weighted by atomic mass is 19.1. The lowest BCUT2D eigenvalue weighted by Gasteiger charge is -1.99. The number of halogens is 2. The fourth-order valence-electron chi connectivity index (χ4n) is 0.797. The van der Waals surface area contributed by atoms with Crippen molar-refractivity contribution in [2.24, 2.45) is 0 Å². The molecule has 10 heavy (non-hydrogen) atoms. The van der Waals surface area contributed by atoms with E-state index in [1.54, 1.807) is 7.85 Å². The van der Waals surface area contributed by atoms with E-state index < -0.39 is 11.6 Å². The Morgan fingerprint density at radius 3 is 2.40 bits per heavy atom. The van der Waals surface area contributed by atoms with Crippen molar-refractivity contribution in [2.75, 3.05) is 0 Å². The predicted octanol–water partition coefficient (Wildman–Crippen LogP) is 0.532. The van der Waals surface area contributed by atoms with Gasteiger partial charge in [0, 0.05) is 5.56 Å². The molecule has 0 bridgehead atoms. The molecule has 3 heteroatoms. The normalized spacial score (nSPS) is 9.90. The van der Waals surface area contributed by atoms with Crippen molar-refractivity contribution in [3.8, 4) is 0 Å². The second-order valence-corrected chi connectivity index (χ2v) is 2.30. The zero-order chi connectivity index (χ0) is 7.72. The molecule has 0 saturated carbocycles. The number of hydrogen-bond donors (Lipinski definition) is 0. The molecule has 0 aliphatic heterocycles. The molecule has 0 radical (unpaired) electrons. The minimum atomic E-state index is -0.483. The van der Waals surface area contributed by atoms with Gasteiger partial charge in [0.05, 0.1) is 0 Å². The van der Waals surface area contributed by atoms with E-state index in [9.17, 15) is 8.78 Å². The van der Waals surface area contributed by atoms with Gasteiger partial charge in [0.2, 0.25) is 0 Å². The van der Waals surface area contributed by atoms with Crippen molar-refractivity contribution in [3.63, 3.8) is 0 Å². The summed E-state index contributed by atoms with van der Waals surface area (Å²) in [6, 6.07) is 2.70. The minimum absolute atomic E-state index is 0.0972. The molecule has 0 atom stereocenters. The molecule has 0 aliphatic rings. The van der Waals surface area contributed by atoms with Gasteiger partial charge in [-0.15, -0.1) is 0 Å². The minimum Gasteiger partial charge on any atom is -0.207 e. The molecule has 0 fully saturated rings. The smallest absolute Gasteiger partial charge is 0.143 e. The van der Waals surface area contributed by atoms with Crippen LogP contribution in [0.2, 0.25) is 0 Å². The largest absolute Gasteiger partial charge is 0.207 e. The molecule has 0 nitrogen and oxygen atoms in total. The van der Waals surface area contributed by atoms with Gasteiger partial charge in [0.15, 0.2) is 0 Å². The third-order valence-corrected chi connectivity index (χ3v) is 1.51. The van der Waals surface area contributed by atoms with Crippen molar-refractivity contribution < 1.29 is 8.78 Å². The van der Waals surface area contributed by atoms with E-state index >= 15 is 0 Å². The Balaban J connectivity index is 3.34. The van der Waals surface area contributed by atoms with E-state index in [1.165, 1.54) is 19.1 Å². The van der Waals surface area contributed by atoms with Gasteiger partial charge in [0.25, 0.3) is 0 Å². The van der Waals surface area contributed by atoms with E-state index in [-0.39, 0.29) is 5.56 Å². The quantitative estimate of drug-likeness (QED) is 0.461. The zero-order valence-electron chi connectivity index (χ0n) is 5.91. The highest BCUT2D eigenvalue weighted by Gasteiger charge is 2.04. The van der Waals surface area contributed by atoms with Crippen molar-refractivity contribution in [2.45, 2.75) is 6.92 Å². The Kier molecular flexibility index (Phi) is 1.75. The van der Waals surface area contributed by atoms with Gasteiger partial charge in [0.1, 0.15) is 19.5 Å². The second-order valence-electron chi connectivity index (χ2n) is 2.30. The first-order valence-corrected chi connectivity index (χ1v) is 3.04. The summed E-state index contributed by atoms with van der Waals surface area (Å²) in [5, 5.41) is 0. The van der Waals surface area contributed by atoms with E-state index in [0.717, 1.165) is 0 Å². The average molecular weight is 140 g/mol. The lowest BCUT2D eigenvalue weighted by molar-refractivity contribution is 0.573. The van der Waals surface area contributed by atoms with Crippen molar-refractivity contribution in [3.05, 3.63) is 29.3 Å². The molecular formula is C7H7BF2. The first-order chi connectivity index (χ1) is 4.63. The zero-order valence-corrected chi connectivity index (χ0v) is 5.91. The lowest BCUT2D eigenvalue weighted by Crippen LogP contribution is -2.10. The number of benzene rings is 1. The van der Waals surface area contributed by atoms with Gasteiger partial charge < -0.3 is 0 Å². The van der Waals surface area contributed by atoms with Crippen molar-refractivity contribution in [1.82, 2.24) is 0 Å². The second kappa shape index (κ2) is 2.41. The van der Waals surface area contributed by atoms with E-state index in [1.807, 2.05) is 0 Å². The summed E-state index contributed by atoms with van der Waals surface area (Å²) in [4.78, 5) is 0. The molecule has 0 aliphatic carbocycles. The molecule has 0 spiro atoms. The molecule has 0 heterocycles. The Morgan fingerprint density at radius 1 is 1.30 bits per heavy atom. The van der Waals surface area contributed by atoms with Crippen LogP contribution in [0.3, 0.4) is 0 Å². The maximum Gasteiger partial charge on any atom is 0.143 e. The summed E-state index contributed by atoms with van der Waals surface area (Å²) < 4.78 is 25.3. The highest BCUT2D eigenvalue weighted by Crippen LogP contribution is 2.06. The molecule has 0 aromatic heterocycles. The van der Waals surface area contributed by atoms with Crippen LogP contribution in [0.5, 0.6) is 0 Å². The Hall–Kier alpha value is -0.855. The van der Waals surface area contributed by atoms with Gasteiger partial charge >= 0.3 is 0 Å². The molecule has 52 valence electrons. The average Bonchev–Trinajstić information content (AvgIpc) is 1.93. The summed E-state index contributed by atoms with van der Waals surface area (Å²) in [7, 11) is 1.61. The highest BCUT2D eigenvalue weighted by molar-refractivity contribution is 6.32. The van der Waals surface area contributed by atoms with Crippen LogP contribution < -0.4 is 5.46 Å². The topological polar surface area (TPSA) is 0 Å². The van der Waals surface area contributed by atoms with Crippen LogP contribution in [0.1, 0.15) is 5.56 Å². The molecule has 1 aromatic rings. The first kappa shape index (κ1) is 7.25.